The molecule has 1 aliphatic rings. The standard InChI is InChI=1S/C15H19ClN2/c1-15(2)9-4-3-6-10(15)14-17-12-8-5-7-11(16)13(12)18-14/h5,7-8,10H,3-4,6,9H2,1-2H3,(H,17,18). The Morgan fingerprint density at radius 1 is 1.33 bits per heavy atom. The average Bonchev–Trinajstić information content (AvgIpc) is 2.73. The molecule has 1 aliphatic carbocycles. The van der Waals surface area contributed by atoms with E-state index in [9.17, 15) is 0 Å². The van der Waals surface area contributed by atoms with Crippen LogP contribution in [0.3, 0.4) is 0 Å². The summed E-state index contributed by atoms with van der Waals surface area (Å²) in [5, 5.41) is 0.739. The molecule has 0 amide bonds. The molecule has 1 aromatic carbocycles. The Bertz CT molecular complexity index is 571. The molecule has 1 N–H and O–H groups in total. The molecule has 2 aromatic rings. The number of aromatic amines is 1. The van der Waals surface area contributed by atoms with Crippen LogP contribution >= 0.6 is 11.6 Å². The molecule has 1 atom stereocenters. The van der Waals surface area contributed by atoms with Crippen molar-refractivity contribution in [2.24, 2.45) is 5.41 Å². The molecule has 2 nitrogen and oxygen atoms in total. The van der Waals surface area contributed by atoms with E-state index in [0.717, 1.165) is 21.9 Å². The summed E-state index contributed by atoms with van der Waals surface area (Å²) in [4.78, 5) is 8.21. The number of aromatic nitrogens is 2. The molecule has 0 spiro atoms. The van der Waals surface area contributed by atoms with Gasteiger partial charge in [-0.2, -0.15) is 0 Å². The van der Waals surface area contributed by atoms with Crippen molar-refractivity contribution in [2.45, 2.75) is 45.4 Å². The average molecular weight is 263 g/mol. The summed E-state index contributed by atoms with van der Waals surface area (Å²) < 4.78 is 0. The zero-order valence-corrected chi connectivity index (χ0v) is 11.7. The van der Waals surface area contributed by atoms with E-state index < -0.39 is 0 Å². The van der Waals surface area contributed by atoms with E-state index in [0.29, 0.717) is 11.3 Å². The summed E-state index contributed by atoms with van der Waals surface area (Å²) in [6.07, 6.45) is 5.15. The predicted molar refractivity (Wildman–Crippen MR) is 76.1 cm³/mol. The van der Waals surface area contributed by atoms with Crippen LogP contribution < -0.4 is 0 Å². The first kappa shape index (κ1) is 12.0. The third-order valence-corrected chi connectivity index (χ3v) is 4.62. The van der Waals surface area contributed by atoms with Crippen molar-refractivity contribution in [3.63, 3.8) is 0 Å². The van der Waals surface area contributed by atoms with Gasteiger partial charge < -0.3 is 4.98 Å². The molecular weight excluding hydrogens is 244 g/mol. The first-order valence-corrected chi connectivity index (χ1v) is 7.10. The summed E-state index contributed by atoms with van der Waals surface area (Å²) >= 11 is 6.20. The second-order valence-corrected chi connectivity index (χ2v) is 6.45. The summed E-state index contributed by atoms with van der Waals surface area (Å²) in [7, 11) is 0. The number of hydrogen-bond donors (Lipinski definition) is 1. The van der Waals surface area contributed by atoms with E-state index in [1.54, 1.807) is 0 Å². The van der Waals surface area contributed by atoms with Crippen LogP contribution in [0.2, 0.25) is 5.02 Å². The van der Waals surface area contributed by atoms with Gasteiger partial charge in [0.2, 0.25) is 0 Å². The molecule has 0 bridgehead atoms. The van der Waals surface area contributed by atoms with Gasteiger partial charge in [0.1, 0.15) is 11.3 Å². The monoisotopic (exact) mass is 262 g/mol. The van der Waals surface area contributed by atoms with Crippen molar-refractivity contribution in [3.8, 4) is 0 Å². The number of nitrogens with zero attached hydrogens (tertiary/aromatic N) is 1. The number of para-hydroxylation sites is 1. The minimum atomic E-state index is 0.332. The predicted octanol–water partition coefficient (Wildman–Crippen LogP) is 4.90. The van der Waals surface area contributed by atoms with Crippen LogP contribution in [0.15, 0.2) is 18.2 Å². The van der Waals surface area contributed by atoms with E-state index in [4.69, 9.17) is 16.6 Å². The van der Waals surface area contributed by atoms with Crippen LogP contribution in [0.25, 0.3) is 11.0 Å². The highest BCUT2D eigenvalue weighted by Crippen LogP contribution is 2.46. The molecule has 0 aliphatic heterocycles. The number of fused-ring (bicyclic) bond motifs is 1. The van der Waals surface area contributed by atoms with Crippen molar-refractivity contribution in [3.05, 3.63) is 29.0 Å². The molecular formula is C15H19ClN2. The van der Waals surface area contributed by atoms with Crippen molar-refractivity contribution in [1.29, 1.82) is 0 Å². The van der Waals surface area contributed by atoms with Crippen LogP contribution in [0.5, 0.6) is 0 Å². The minimum absolute atomic E-state index is 0.332. The van der Waals surface area contributed by atoms with E-state index in [2.05, 4.69) is 18.8 Å². The largest absolute Gasteiger partial charge is 0.342 e. The third-order valence-electron chi connectivity index (χ3n) is 4.32. The van der Waals surface area contributed by atoms with Gasteiger partial charge in [0.15, 0.2) is 0 Å². The molecule has 1 aromatic heterocycles. The summed E-state index contributed by atoms with van der Waals surface area (Å²) in [5.41, 5.74) is 2.30. The molecule has 0 radical (unpaired) electrons. The second-order valence-electron chi connectivity index (χ2n) is 6.04. The topological polar surface area (TPSA) is 28.7 Å². The summed E-state index contributed by atoms with van der Waals surface area (Å²) in [6, 6.07) is 5.92. The zero-order chi connectivity index (χ0) is 12.8. The van der Waals surface area contributed by atoms with Crippen molar-refractivity contribution in [1.82, 2.24) is 9.97 Å². The Kier molecular flexibility index (Phi) is 2.86. The smallest absolute Gasteiger partial charge is 0.110 e. The first-order chi connectivity index (χ1) is 8.58. The fourth-order valence-electron chi connectivity index (χ4n) is 3.18. The fraction of sp³-hybridized carbons (Fsp3) is 0.533. The highest BCUT2D eigenvalue weighted by Gasteiger charge is 2.35. The lowest BCUT2D eigenvalue weighted by molar-refractivity contribution is 0.193. The zero-order valence-electron chi connectivity index (χ0n) is 11.0. The van der Waals surface area contributed by atoms with Crippen LogP contribution in [-0.2, 0) is 0 Å². The second kappa shape index (κ2) is 4.27. The molecule has 1 heterocycles. The van der Waals surface area contributed by atoms with Crippen LogP contribution in [0, 0.1) is 5.41 Å². The highest BCUT2D eigenvalue weighted by molar-refractivity contribution is 6.34. The minimum Gasteiger partial charge on any atom is -0.342 e. The Balaban J connectivity index is 2.06. The van der Waals surface area contributed by atoms with Gasteiger partial charge >= 0.3 is 0 Å². The molecule has 18 heavy (non-hydrogen) atoms. The van der Waals surface area contributed by atoms with Gasteiger partial charge in [-0.1, -0.05) is 44.4 Å². The van der Waals surface area contributed by atoms with E-state index >= 15 is 0 Å². The van der Waals surface area contributed by atoms with Crippen molar-refractivity contribution >= 4 is 22.6 Å². The van der Waals surface area contributed by atoms with Gasteiger partial charge in [-0.05, 0) is 30.4 Å². The molecule has 1 fully saturated rings. The molecule has 0 saturated heterocycles. The Labute approximate surface area is 113 Å². The Hall–Kier alpha value is -1.02. The van der Waals surface area contributed by atoms with Crippen LogP contribution in [0.4, 0.5) is 0 Å². The lowest BCUT2D eigenvalue weighted by Gasteiger charge is -2.37. The SMILES string of the molecule is CC1(C)CCCCC1c1nc2c(Cl)cccc2[nH]1. The Morgan fingerprint density at radius 3 is 2.89 bits per heavy atom. The van der Waals surface area contributed by atoms with Crippen molar-refractivity contribution < 1.29 is 0 Å². The first-order valence-electron chi connectivity index (χ1n) is 6.72. The number of halogens is 1. The number of benzene rings is 1. The third kappa shape index (κ3) is 1.93. The molecule has 3 heteroatoms. The van der Waals surface area contributed by atoms with Crippen LogP contribution in [-0.4, -0.2) is 9.97 Å². The summed E-state index contributed by atoms with van der Waals surface area (Å²) in [6.45, 7) is 4.71. The highest BCUT2D eigenvalue weighted by atomic mass is 35.5. The van der Waals surface area contributed by atoms with Crippen molar-refractivity contribution in [2.75, 3.05) is 0 Å². The van der Waals surface area contributed by atoms with E-state index in [-0.39, 0.29) is 0 Å². The molecule has 96 valence electrons. The number of imidazole rings is 1. The quantitative estimate of drug-likeness (QED) is 0.778. The van der Waals surface area contributed by atoms with Gasteiger partial charge in [0.05, 0.1) is 10.5 Å². The van der Waals surface area contributed by atoms with Gasteiger partial charge in [-0.3, -0.25) is 0 Å². The van der Waals surface area contributed by atoms with E-state index in [1.807, 2.05) is 18.2 Å². The number of hydrogen-bond acceptors (Lipinski definition) is 1. The molecule has 1 saturated carbocycles. The lowest BCUT2D eigenvalue weighted by atomic mass is 9.68. The maximum atomic E-state index is 6.20. The van der Waals surface area contributed by atoms with Gasteiger partial charge in [0, 0.05) is 5.92 Å². The van der Waals surface area contributed by atoms with Gasteiger partial charge in [-0.25, -0.2) is 4.98 Å². The summed E-state index contributed by atoms with van der Waals surface area (Å²) in [5.74, 6) is 1.64. The number of nitrogens with one attached hydrogen (secondary N) is 1. The number of rotatable bonds is 1. The fourth-order valence-corrected chi connectivity index (χ4v) is 3.40. The van der Waals surface area contributed by atoms with E-state index in [1.165, 1.54) is 25.7 Å². The maximum Gasteiger partial charge on any atom is 0.110 e. The van der Waals surface area contributed by atoms with Gasteiger partial charge in [-0.15, -0.1) is 0 Å². The number of H-pyrrole nitrogens is 1. The van der Waals surface area contributed by atoms with Crippen LogP contribution in [0.1, 0.15) is 51.3 Å². The maximum absolute atomic E-state index is 6.20. The molecule has 1 unspecified atom stereocenters. The van der Waals surface area contributed by atoms with Gasteiger partial charge in [0.25, 0.3) is 0 Å². The molecule has 3 rings (SSSR count). The lowest BCUT2D eigenvalue weighted by Crippen LogP contribution is -2.26. The Morgan fingerprint density at radius 2 is 2.17 bits per heavy atom. The normalized spacial score (nSPS) is 23.4.